The SMILES string of the molecule is CCC(C)OC1CC(O)C12CCCC2. The third-order valence-electron chi connectivity index (χ3n) is 4.25. The van der Waals surface area contributed by atoms with Gasteiger partial charge < -0.3 is 9.84 Å². The van der Waals surface area contributed by atoms with E-state index in [1.165, 1.54) is 25.7 Å². The van der Waals surface area contributed by atoms with Crippen LogP contribution in [0.5, 0.6) is 0 Å². The summed E-state index contributed by atoms with van der Waals surface area (Å²) in [5.41, 5.74) is 0.156. The van der Waals surface area contributed by atoms with Gasteiger partial charge in [-0.1, -0.05) is 19.8 Å². The maximum Gasteiger partial charge on any atom is 0.0684 e. The Labute approximate surface area is 86.6 Å². The van der Waals surface area contributed by atoms with Gasteiger partial charge in [0.1, 0.15) is 0 Å². The van der Waals surface area contributed by atoms with Crippen molar-refractivity contribution >= 4 is 0 Å². The van der Waals surface area contributed by atoms with Crippen molar-refractivity contribution in [1.29, 1.82) is 0 Å². The van der Waals surface area contributed by atoms with Crippen LogP contribution in [0.1, 0.15) is 52.4 Å². The van der Waals surface area contributed by atoms with E-state index in [0.29, 0.717) is 12.2 Å². The molecule has 0 aromatic rings. The van der Waals surface area contributed by atoms with E-state index in [2.05, 4.69) is 13.8 Å². The van der Waals surface area contributed by atoms with Gasteiger partial charge in [0.05, 0.1) is 18.3 Å². The molecule has 2 nitrogen and oxygen atoms in total. The van der Waals surface area contributed by atoms with Gasteiger partial charge in [0.15, 0.2) is 0 Å². The Morgan fingerprint density at radius 2 is 2.07 bits per heavy atom. The summed E-state index contributed by atoms with van der Waals surface area (Å²) in [4.78, 5) is 0. The number of ether oxygens (including phenoxy) is 1. The van der Waals surface area contributed by atoms with Crippen LogP contribution in [0.25, 0.3) is 0 Å². The highest BCUT2D eigenvalue weighted by Gasteiger charge is 2.56. The molecule has 0 saturated heterocycles. The predicted molar refractivity (Wildman–Crippen MR) is 56.2 cm³/mol. The van der Waals surface area contributed by atoms with Crippen LogP contribution in [0.15, 0.2) is 0 Å². The first-order valence-electron chi connectivity index (χ1n) is 6.02. The minimum absolute atomic E-state index is 0.0842. The molecule has 14 heavy (non-hydrogen) atoms. The molecule has 2 aliphatic carbocycles. The molecule has 0 amide bonds. The quantitative estimate of drug-likeness (QED) is 0.755. The molecule has 0 aliphatic heterocycles. The predicted octanol–water partition coefficient (Wildman–Crippen LogP) is 2.50. The van der Waals surface area contributed by atoms with Gasteiger partial charge in [0.2, 0.25) is 0 Å². The van der Waals surface area contributed by atoms with Crippen LogP contribution in [-0.2, 0) is 4.74 Å². The lowest BCUT2D eigenvalue weighted by Gasteiger charge is -2.52. The highest BCUT2D eigenvalue weighted by atomic mass is 16.5. The Bertz CT molecular complexity index is 196. The van der Waals surface area contributed by atoms with E-state index in [1.54, 1.807) is 0 Å². The molecule has 2 rings (SSSR count). The van der Waals surface area contributed by atoms with E-state index in [1.807, 2.05) is 0 Å². The Morgan fingerprint density at radius 3 is 2.57 bits per heavy atom. The molecular formula is C12H22O2. The average Bonchev–Trinajstić information content (AvgIpc) is 2.68. The van der Waals surface area contributed by atoms with Crippen LogP contribution in [0.4, 0.5) is 0 Å². The summed E-state index contributed by atoms with van der Waals surface area (Å²) in [5, 5.41) is 9.87. The normalized spacial score (nSPS) is 37.1. The van der Waals surface area contributed by atoms with E-state index in [-0.39, 0.29) is 11.5 Å². The van der Waals surface area contributed by atoms with Crippen molar-refractivity contribution in [3.63, 3.8) is 0 Å². The fourth-order valence-electron chi connectivity index (χ4n) is 2.98. The van der Waals surface area contributed by atoms with Crippen molar-refractivity contribution in [2.45, 2.75) is 70.7 Å². The van der Waals surface area contributed by atoms with Crippen LogP contribution >= 0.6 is 0 Å². The van der Waals surface area contributed by atoms with Gasteiger partial charge in [0, 0.05) is 11.8 Å². The van der Waals surface area contributed by atoms with Crippen molar-refractivity contribution in [1.82, 2.24) is 0 Å². The summed E-state index contributed by atoms with van der Waals surface area (Å²) >= 11 is 0. The Morgan fingerprint density at radius 1 is 1.43 bits per heavy atom. The fourth-order valence-corrected chi connectivity index (χ4v) is 2.98. The van der Waals surface area contributed by atoms with Gasteiger partial charge in [-0.15, -0.1) is 0 Å². The Kier molecular flexibility index (Phi) is 2.85. The molecule has 3 unspecified atom stereocenters. The standard InChI is InChI=1S/C12H22O2/c1-3-9(2)14-11-8-10(13)12(11)6-4-5-7-12/h9-11,13H,3-8H2,1-2H3. The van der Waals surface area contributed by atoms with Gasteiger partial charge in [-0.25, -0.2) is 0 Å². The van der Waals surface area contributed by atoms with Crippen LogP contribution in [0.3, 0.4) is 0 Å². The number of aliphatic hydroxyl groups excluding tert-OH is 1. The minimum atomic E-state index is -0.0842. The lowest BCUT2D eigenvalue weighted by atomic mass is 9.62. The second-order valence-electron chi connectivity index (χ2n) is 5.04. The molecule has 82 valence electrons. The van der Waals surface area contributed by atoms with Gasteiger partial charge in [-0.05, 0) is 26.2 Å². The smallest absolute Gasteiger partial charge is 0.0684 e. The zero-order chi connectivity index (χ0) is 10.2. The highest BCUT2D eigenvalue weighted by molar-refractivity contribution is 5.06. The molecule has 0 bridgehead atoms. The van der Waals surface area contributed by atoms with Gasteiger partial charge >= 0.3 is 0 Å². The van der Waals surface area contributed by atoms with Gasteiger partial charge in [-0.2, -0.15) is 0 Å². The van der Waals surface area contributed by atoms with E-state index in [4.69, 9.17) is 4.74 Å². The summed E-state index contributed by atoms with van der Waals surface area (Å²) < 4.78 is 5.98. The summed E-state index contributed by atoms with van der Waals surface area (Å²) in [7, 11) is 0. The molecule has 0 aromatic carbocycles. The molecule has 1 spiro atoms. The molecule has 3 atom stereocenters. The molecule has 0 radical (unpaired) electrons. The van der Waals surface area contributed by atoms with Gasteiger partial charge in [0.25, 0.3) is 0 Å². The summed E-state index contributed by atoms with van der Waals surface area (Å²) in [6.45, 7) is 4.29. The maximum absolute atomic E-state index is 9.87. The average molecular weight is 198 g/mol. The van der Waals surface area contributed by atoms with E-state index in [9.17, 15) is 5.11 Å². The lowest BCUT2D eigenvalue weighted by Crippen LogP contribution is -2.57. The first kappa shape index (κ1) is 10.4. The topological polar surface area (TPSA) is 29.5 Å². The molecule has 0 heterocycles. The third kappa shape index (κ3) is 1.49. The molecule has 2 heteroatoms. The highest BCUT2D eigenvalue weighted by Crippen LogP contribution is 2.54. The molecule has 2 saturated carbocycles. The maximum atomic E-state index is 9.87. The first-order chi connectivity index (χ1) is 6.69. The molecule has 1 N–H and O–H groups in total. The lowest BCUT2D eigenvalue weighted by molar-refractivity contribution is -0.205. The van der Waals surface area contributed by atoms with Crippen molar-refractivity contribution in [3.05, 3.63) is 0 Å². The zero-order valence-corrected chi connectivity index (χ0v) is 9.33. The van der Waals surface area contributed by atoms with Crippen molar-refractivity contribution in [2.75, 3.05) is 0 Å². The molecule has 2 aliphatic rings. The third-order valence-corrected chi connectivity index (χ3v) is 4.25. The van der Waals surface area contributed by atoms with E-state index < -0.39 is 0 Å². The Balaban J connectivity index is 1.94. The monoisotopic (exact) mass is 198 g/mol. The van der Waals surface area contributed by atoms with Crippen LogP contribution in [0.2, 0.25) is 0 Å². The van der Waals surface area contributed by atoms with Crippen molar-refractivity contribution in [2.24, 2.45) is 5.41 Å². The number of hydrogen-bond acceptors (Lipinski definition) is 2. The second kappa shape index (κ2) is 3.82. The number of hydrogen-bond donors (Lipinski definition) is 1. The van der Waals surface area contributed by atoms with E-state index >= 15 is 0 Å². The summed E-state index contributed by atoms with van der Waals surface area (Å²) in [5.74, 6) is 0. The number of rotatable bonds is 3. The number of aliphatic hydroxyl groups is 1. The molecule has 0 aromatic heterocycles. The van der Waals surface area contributed by atoms with Gasteiger partial charge in [-0.3, -0.25) is 0 Å². The van der Waals surface area contributed by atoms with Crippen molar-refractivity contribution in [3.8, 4) is 0 Å². The second-order valence-corrected chi connectivity index (χ2v) is 5.04. The van der Waals surface area contributed by atoms with Crippen molar-refractivity contribution < 1.29 is 9.84 Å². The largest absolute Gasteiger partial charge is 0.392 e. The summed E-state index contributed by atoms with van der Waals surface area (Å²) in [6.07, 6.45) is 7.45. The van der Waals surface area contributed by atoms with Crippen LogP contribution < -0.4 is 0 Å². The molecule has 2 fully saturated rings. The van der Waals surface area contributed by atoms with Crippen LogP contribution in [-0.4, -0.2) is 23.4 Å². The zero-order valence-electron chi connectivity index (χ0n) is 9.33. The summed E-state index contributed by atoms with van der Waals surface area (Å²) in [6, 6.07) is 0. The minimum Gasteiger partial charge on any atom is -0.392 e. The Hall–Kier alpha value is -0.0800. The molecular weight excluding hydrogens is 176 g/mol. The van der Waals surface area contributed by atoms with Crippen LogP contribution in [0, 0.1) is 5.41 Å². The van der Waals surface area contributed by atoms with E-state index in [0.717, 1.165) is 12.8 Å². The fraction of sp³-hybridized carbons (Fsp3) is 1.00. The first-order valence-corrected chi connectivity index (χ1v) is 6.02.